The number of hydrogen-bond acceptors (Lipinski definition) is 2. The van der Waals surface area contributed by atoms with Crippen molar-refractivity contribution in [3.63, 3.8) is 0 Å². The van der Waals surface area contributed by atoms with Gasteiger partial charge in [-0.3, -0.25) is 9.59 Å². The third-order valence-electron chi connectivity index (χ3n) is 7.16. The van der Waals surface area contributed by atoms with Crippen molar-refractivity contribution in [1.82, 2.24) is 4.57 Å². The summed E-state index contributed by atoms with van der Waals surface area (Å²) < 4.78 is 2.17. The Morgan fingerprint density at radius 1 is 0.872 bits per heavy atom. The smallest absolute Gasteiger partial charge is 0.192 e. The van der Waals surface area contributed by atoms with E-state index in [1.165, 1.54) is 18.1 Å². The Balaban J connectivity index is 0.00000260. The third kappa shape index (κ3) is 7.14. The predicted octanol–water partition coefficient (Wildman–Crippen LogP) is 8.92. The molecule has 3 nitrogen and oxygen atoms in total. The first kappa shape index (κ1) is 32.2. The predicted molar refractivity (Wildman–Crippen MR) is 174 cm³/mol. The fraction of sp³-hybridized carbons (Fsp3) is 0.371. The van der Waals surface area contributed by atoms with Gasteiger partial charge in [0.05, 0.1) is 5.56 Å². The topological polar surface area (TPSA) is 39.1 Å². The van der Waals surface area contributed by atoms with Crippen LogP contribution in [-0.2, 0) is 0 Å². The van der Waals surface area contributed by atoms with Gasteiger partial charge in [-0.25, -0.2) is 0 Å². The van der Waals surface area contributed by atoms with E-state index >= 15 is 0 Å². The van der Waals surface area contributed by atoms with E-state index < -0.39 is 0 Å². The van der Waals surface area contributed by atoms with Gasteiger partial charge in [0.2, 0.25) is 0 Å². The first-order valence-corrected chi connectivity index (χ1v) is 14.6. The Kier molecular flexibility index (Phi) is 11.9. The van der Waals surface area contributed by atoms with Crippen LogP contribution in [0.3, 0.4) is 0 Å². The van der Waals surface area contributed by atoms with Crippen molar-refractivity contribution in [2.45, 2.75) is 81.7 Å². The van der Waals surface area contributed by atoms with Gasteiger partial charge in [0, 0.05) is 24.0 Å². The Bertz CT molecular complexity index is 1430. The third-order valence-corrected chi connectivity index (χ3v) is 7.66. The summed E-state index contributed by atoms with van der Waals surface area (Å²) in [5.41, 5.74) is 8.79. The van der Waals surface area contributed by atoms with Gasteiger partial charge < -0.3 is 4.57 Å². The lowest BCUT2D eigenvalue weighted by Gasteiger charge is -2.29. The summed E-state index contributed by atoms with van der Waals surface area (Å²) in [7, 11) is 2.87. The molecule has 2 aromatic carbocycles. The minimum Gasteiger partial charge on any atom is -0.343 e. The van der Waals surface area contributed by atoms with E-state index in [1.54, 1.807) is 12.3 Å². The van der Waals surface area contributed by atoms with Crippen LogP contribution in [0.5, 0.6) is 0 Å². The molecule has 0 amide bonds. The van der Waals surface area contributed by atoms with Crippen molar-refractivity contribution in [1.29, 1.82) is 0 Å². The zero-order valence-electron chi connectivity index (χ0n) is 25.5. The molecule has 1 heterocycles. The van der Waals surface area contributed by atoms with Crippen LogP contribution in [-0.4, -0.2) is 10.4 Å². The van der Waals surface area contributed by atoms with Gasteiger partial charge in [-0.2, -0.15) is 0 Å². The number of rotatable bonds is 8. The van der Waals surface area contributed by atoms with Gasteiger partial charge in [-0.1, -0.05) is 88.7 Å². The second kappa shape index (κ2) is 14.4. The molecule has 0 aliphatic carbocycles. The summed E-state index contributed by atoms with van der Waals surface area (Å²) in [4.78, 5) is 25.6. The Hall–Kier alpha value is -3.03. The highest BCUT2D eigenvalue weighted by atomic mass is 31.0. The van der Waals surface area contributed by atoms with Gasteiger partial charge >= 0.3 is 0 Å². The molecule has 0 bridgehead atoms. The molecule has 0 N–H and O–H groups in total. The van der Waals surface area contributed by atoms with Crippen LogP contribution in [0.25, 0.3) is 16.7 Å². The highest BCUT2D eigenvalue weighted by molar-refractivity contribution is 7.27. The molecular weight excluding hydrogens is 497 g/mol. The van der Waals surface area contributed by atoms with Crippen LogP contribution >= 0.6 is 9.24 Å². The number of Topliss-reactive ketones (excluding diaryl/α,β-unsaturated/α-hetero) is 1. The number of carbonyl (C=O) groups is 1. The van der Waals surface area contributed by atoms with Crippen LogP contribution in [0, 0.1) is 12.8 Å². The minimum absolute atomic E-state index is 0.144. The second-order valence-electron chi connectivity index (χ2n) is 10.4. The summed E-state index contributed by atoms with van der Waals surface area (Å²) in [5.74, 6) is 0.128. The van der Waals surface area contributed by atoms with Crippen molar-refractivity contribution in [2.24, 2.45) is 5.92 Å². The van der Waals surface area contributed by atoms with E-state index in [0.717, 1.165) is 45.3 Å². The largest absolute Gasteiger partial charge is 0.343 e. The fourth-order valence-electron chi connectivity index (χ4n) is 5.26. The number of nitrogens with zero attached hydrogens (tertiary/aromatic N) is 1. The molecule has 0 fully saturated rings. The van der Waals surface area contributed by atoms with Crippen molar-refractivity contribution in [3.8, 4) is 0 Å². The molecule has 0 aliphatic heterocycles. The highest BCUT2D eigenvalue weighted by Crippen LogP contribution is 2.41. The summed E-state index contributed by atoms with van der Waals surface area (Å²) in [6.07, 6.45) is 2.68. The molecule has 39 heavy (non-hydrogen) atoms. The standard InChI is InChI=1S/C33H40NO2P.C2H6/c1-9-28(20(2)3)34-19-27(24(8)35)30(36)18-29(34)23(7)33(25-15-11-10-14-22(25)6)32(21(4)5)26-16-12-13-17-31(26)37;1-2/h10-20,28H,9,37H2,1-8H3;1-2H3/b33-23+;/t28-;/m0./s1. The first-order valence-electron chi connectivity index (χ1n) is 14.1. The Morgan fingerprint density at radius 3 is 1.92 bits per heavy atom. The lowest BCUT2D eigenvalue weighted by molar-refractivity contribution is 0.101. The molecule has 0 saturated carbocycles. The van der Waals surface area contributed by atoms with Gasteiger partial charge in [-0.05, 0) is 85.7 Å². The van der Waals surface area contributed by atoms with Crippen molar-refractivity contribution < 1.29 is 4.79 Å². The van der Waals surface area contributed by atoms with E-state index in [9.17, 15) is 9.59 Å². The van der Waals surface area contributed by atoms with E-state index in [1.807, 2.05) is 19.9 Å². The molecule has 1 unspecified atom stereocenters. The molecule has 3 rings (SSSR count). The Morgan fingerprint density at radius 2 is 1.44 bits per heavy atom. The van der Waals surface area contributed by atoms with Crippen LogP contribution in [0.4, 0.5) is 0 Å². The molecule has 0 aliphatic rings. The van der Waals surface area contributed by atoms with Crippen LogP contribution in [0.15, 0.2) is 71.2 Å². The van der Waals surface area contributed by atoms with E-state index in [4.69, 9.17) is 0 Å². The molecule has 1 aromatic heterocycles. The highest BCUT2D eigenvalue weighted by Gasteiger charge is 2.24. The average molecular weight is 544 g/mol. The molecule has 0 saturated heterocycles. The SMILES string of the molecule is CC.CC[C@@H](C(C)C)n1cc(C(C)=O)c(=O)cc1/C(C)=C(/C(=C(C)C)c1ccccc1P)c1ccccc1C. The second-order valence-corrected chi connectivity index (χ2v) is 11.0. The average Bonchev–Trinajstić information content (AvgIpc) is 2.89. The summed E-state index contributed by atoms with van der Waals surface area (Å²) in [6.45, 7) is 20.5. The number of aryl methyl sites for hydroxylation is 1. The number of benzene rings is 2. The number of carbonyl (C=O) groups excluding carboxylic acids is 1. The minimum atomic E-state index is -0.231. The molecule has 0 spiro atoms. The Labute approximate surface area is 238 Å². The van der Waals surface area contributed by atoms with Crippen LogP contribution < -0.4 is 10.7 Å². The van der Waals surface area contributed by atoms with Crippen molar-refractivity contribution in [3.05, 3.63) is 105 Å². The van der Waals surface area contributed by atoms with Gasteiger partial charge in [0.25, 0.3) is 0 Å². The maximum absolute atomic E-state index is 13.2. The van der Waals surface area contributed by atoms with Crippen molar-refractivity contribution >= 4 is 37.0 Å². The fourth-order valence-corrected chi connectivity index (χ4v) is 5.61. The normalized spacial score (nSPS) is 12.3. The van der Waals surface area contributed by atoms with Gasteiger partial charge in [0.15, 0.2) is 11.2 Å². The van der Waals surface area contributed by atoms with E-state index in [2.05, 4.69) is 105 Å². The van der Waals surface area contributed by atoms with Crippen molar-refractivity contribution in [2.75, 3.05) is 0 Å². The van der Waals surface area contributed by atoms with E-state index in [0.29, 0.717) is 5.92 Å². The zero-order valence-corrected chi connectivity index (χ0v) is 26.6. The lowest BCUT2D eigenvalue weighted by atomic mass is 9.83. The van der Waals surface area contributed by atoms with Crippen LogP contribution in [0.1, 0.15) is 108 Å². The van der Waals surface area contributed by atoms with Gasteiger partial charge in [-0.15, -0.1) is 9.24 Å². The quantitative estimate of drug-likeness (QED) is 0.162. The molecule has 3 aromatic rings. The maximum Gasteiger partial charge on any atom is 0.192 e. The first-order chi connectivity index (χ1) is 18.5. The van der Waals surface area contributed by atoms with Crippen LogP contribution in [0.2, 0.25) is 0 Å². The van der Waals surface area contributed by atoms with Gasteiger partial charge in [0.1, 0.15) is 0 Å². The van der Waals surface area contributed by atoms with E-state index in [-0.39, 0.29) is 22.8 Å². The number of pyridine rings is 1. The summed E-state index contributed by atoms with van der Waals surface area (Å²) in [5, 5.41) is 1.12. The lowest BCUT2D eigenvalue weighted by Crippen LogP contribution is -2.24. The molecule has 208 valence electrons. The number of aromatic nitrogens is 1. The number of ketones is 1. The number of hydrogen-bond donors (Lipinski definition) is 0. The zero-order chi connectivity index (χ0) is 29.4. The molecule has 0 radical (unpaired) electrons. The molecule has 4 heteroatoms. The molecular formula is C35H46NO2P. The monoisotopic (exact) mass is 543 g/mol. The summed E-state index contributed by atoms with van der Waals surface area (Å²) >= 11 is 0. The molecule has 2 atom stereocenters. The maximum atomic E-state index is 13.2. The summed E-state index contributed by atoms with van der Waals surface area (Å²) in [6, 6.07) is 18.6. The number of allylic oxidation sites excluding steroid dienone is 4.